The first-order valence-electron chi connectivity index (χ1n) is 10.5. The molecule has 170 valence electrons. The van der Waals surface area contributed by atoms with Crippen LogP contribution in [0.4, 0.5) is 11.6 Å². The number of aliphatic imine (C=N–C) groups is 1. The Balaban J connectivity index is 1.53. The molecule has 9 heteroatoms. The molecule has 2 heterocycles. The van der Waals surface area contributed by atoms with Crippen molar-refractivity contribution in [2.24, 2.45) is 4.99 Å². The summed E-state index contributed by atoms with van der Waals surface area (Å²) in [5, 5.41) is 9.91. The van der Waals surface area contributed by atoms with E-state index in [1.165, 1.54) is 0 Å². The van der Waals surface area contributed by atoms with Crippen LogP contribution in [0, 0.1) is 27.7 Å². The number of thiocarbonyl (C=S) groups is 1. The van der Waals surface area contributed by atoms with Gasteiger partial charge in [0, 0.05) is 17.1 Å². The molecule has 3 aromatic rings. The third-order valence-corrected chi connectivity index (χ3v) is 4.98. The summed E-state index contributed by atoms with van der Waals surface area (Å²) in [6.45, 7) is 8.56. The number of benzene rings is 2. The van der Waals surface area contributed by atoms with Crippen molar-refractivity contribution in [2.45, 2.75) is 34.2 Å². The van der Waals surface area contributed by atoms with Gasteiger partial charge in [0.05, 0.1) is 6.54 Å². The van der Waals surface area contributed by atoms with Crippen LogP contribution in [0.3, 0.4) is 0 Å². The lowest BCUT2D eigenvalue weighted by Gasteiger charge is -2.15. The summed E-state index contributed by atoms with van der Waals surface area (Å²) in [5.74, 6) is 2.33. The van der Waals surface area contributed by atoms with Gasteiger partial charge in [-0.05, 0) is 86.9 Å². The molecule has 0 amide bonds. The fourth-order valence-electron chi connectivity index (χ4n) is 3.52. The topological polar surface area (TPSA) is 92.7 Å². The standard InChI is InChI=1S/C24H26N6O2S/c1-14-7-15(2)9-19(8-14)28-24(33)30-22(29-23-26-16(3)10-17(4)27-23)25-12-18-5-6-20-21(11-18)32-13-31-20/h5-11H,12-13H2,1-4H3,(H3,25,26,27,28,29,30,33). The summed E-state index contributed by atoms with van der Waals surface area (Å²) in [7, 11) is 0. The summed E-state index contributed by atoms with van der Waals surface area (Å²) in [4.78, 5) is 13.6. The van der Waals surface area contributed by atoms with Crippen LogP contribution in [0.25, 0.3) is 0 Å². The first kappa shape index (κ1) is 22.5. The number of fused-ring (bicyclic) bond motifs is 1. The molecule has 0 saturated carbocycles. The zero-order valence-corrected chi connectivity index (χ0v) is 19.8. The quantitative estimate of drug-likeness (QED) is 0.299. The van der Waals surface area contributed by atoms with Gasteiger partial charge >= 0.3 is 0 Å². The maximum atomic E-state index is 5.54. The van der Waals surface area contributed by atoms with E-state index in [1.54, 1.807) is 0 Å². The Morgan fingerprint density at radius 3 is 2.33 bits per heavy atom. The number of nitrogens with zero attached hydrogens (tertiary/aromatic N) is 3. The number of hydrogen-bond acceptors (Lipinski definition) is 6. The fourth-order valence-corrected chi connectivity index (χ4v) is 3.74. The van der Waals surface area contributed by atoms with E-state index in [-0.39, 0.29) is 6.79 Å². The van der Waals surface area contributed by atoms with Gasteiger partial charge in [-0.25, -0.2) is 15.0 Å². The molecule has 0 aliphatic carbocycles. The van der Waals surface area contributed by atoms with Gasteiger partial charge in [0.15, 0.2) is 16.6 Å². The molecule has 0 unspecified atom stereocenters. The summed E-state index contributed by atoms with van der Waals surface area (Å²) >= 11 is 5.54. The summed E-state index contributed by atoms with van der Waals surface area (Å²) in [6.07, 6.45) is 0. The second-order valence-corrected chi connectivity index (χ2v) is 8.32. The highest BCUT2D eigenvalue weighted by Gasteiger charge is 2.13. The number of anilines is 2. The highest BCUT2D eigenvalue weighted by Crippen LogP contribution is 2.32. The molecular weight excluding hydrogens is 436 g/mol. The van der Waals surface area contributed by atoms with Crippen LogP contribution in [-0.2, 0) is 6.54 Å². The van der Waals surface area contributed by atoms with E-state index >= 15 is 0 Å². The zero-order valence-electron chi connectivity index (χ0n) is 19.0. The average molecular weight is 463 g/mol. The van der Waals surface area contributed by atoms with Gasteiger partial charge in [-0.3, -0.25) is 5.32 Å². The van der Waals surface area contributed by atoms with E-state index < -0.39 is 0 Å². The van der Waals surface area contributed by atoms with Crippen LogP contribution >= 0.6 is 12.2 Å². The molecule has 3 N–H and O–H groups in total. The van der Waals surface area contributed by atoms with Gasteiger partial charge in [0.25, 0.3) is 0 Å². The van der Waals surface area contributed by atoms with Crippen molar-refractivity contribution in [3.05, 3.63) is 70.5 Å². The molecular formula is C24H26N6O2S. The van der Waals surface area contributed by atoms with Gasteiger partial charge < -0.3 is 20.1 Å². The summed E-state index contributed by atoms with van der Waals surface area (Å²) in [5.41, 5.74) is 5.89. The van der Waals surface area contributed by atoms with Crippen LogP contribution in [-0.4, -0.2) is 27.8 Å². The second kappa shape index (κ2) is 9.83. The average Bonchev–Trinajstić information content (AvgIpc) is 3.18. The molecule has 0 atom stereocenters. The maximum absolute atomic E-state index is 5.54. The van der Waals surface area contributed by atoms with Gasteiger partial charge in [0.1, 0.15) is 0 Å². The number of rotatable bonds is 4. The molecule has 33 heavy (non-hydrogen) atoms. The SMILES string of the molecule is Cc1cc(C)cc(NC(=S)NC(=NCc2ccc3c(c2)OCO3)Nc2nc(C)cc(C)n2)c1. The Kier molecular flexibility index (Phi) is 6.69. The molecule has 0 fully saturated rings. The van der Waals surface area contributed by atoms with E-state index in [0.29, 0.717) is 23.6 Å². The molecule has 1 aliphatic rings. The van der Waals surface area contributed by atoms with E-state index in [1.807, 2.05) is 64.1 Å². The van der Waals surface area contributed by atoms with Crippen molar-refractivity contribution < 1.29 is 9.47 Å². The normalized spacial score (nSPS) is 12.4. The van der Waals surface area contributed by atoms with E-state index in [4.69, 9.17) is 21.7 Å². The predicted octanol–water partition coefficient (Wildman–Crippen LogP) is 4.39. The third-order valence-electron chi connectivity index (χ3n) is 4.78. The molecule has 0 saturated heterocycles. The lowest BCUT2D eigenvalue weighted by atomic mass is 10.1. The van der Waals surface area contributed by atoms with Crippen molar-refractivity contribution >= 4 is 34.9 Å². The van der Waals surface area contributed by atoms with Crippen LogP contribution in [0.15, 0.2) is 47.5 Å². The number of hydrogen-bond donors (Lipinski definition) is 3. The predicted molar refractivity (Wildman–Crippen MR) is 134 cm³/mol. The Hall–Kier alpha value is -3.72. The Morgan fingerprint density at radius 2 is 1.61 bits per heavy atom. The zero-order chi connectivity index (χ0) is 23.4. The largest absolute Gasteiger partial charge is 0.454 e. The Labute approximate surface area is 198 Å². The number of aromatic nitrogens is 2. The maximum Gasteiger partial charge on any atom is 0.231 e. The van der Waals surface area contributed by atoms with E-state index in [2.05, 4.69) is 37.0 Å². The van der Waals surface area contributed by atoms with Gasteiger partial charge in [0.2, 0.25) is 18.7 Å². The Morgan fingerprint density at radius 1 is 0.909 bits per heavy atom. The number of guanidine groups is 1. The van der Waals surface area contributed by atoms with Crippen molar-refractivity contribution in [1.82, 2.24) is 15.3 Å². The molecule has 0 bridgehead atoms. The lowest BCUT2D eigenvalue weighted by molar-refractivity contribution is 0.174. The second-order valence-electron chi connectivity index (χ2n) is 7.91. The van der Waals surface area contributed by atoms with Gasteiger partial charge in [-0.15, -0.1) is 0 Å². The van der Waals surface area contributed by atoms with E-state index in [9.17, 15) is 0 Å². The molecule has 0 spiro atoms. The minimum atomic E-state index is 0.235. The number of aryl methyl sites for hydroxylation is 4. The van der Waals surface area contributed by atoms with Crippen molar-refractivity contribution in [3.63, 3.8) is 0 Å². The van der Waals surface area contributed by atoms with Crippen LogP contribution in [0.5, 0.6) is 11.5 Å². The summed E-state index contributed by atoms with van der Waals surface area (Å²) < 4.78 is 10.8. The fraction of sp³-hybridized carbons (Fsp3) is 0.250. The first-order valence-corrected chi connectivity index (χ1v) is 10.9. The van der Waals surface area contributed by atoms with Crippen LogP contribution in [0.2, 0.25) is 0 Å². The monoisotopic (exact) mass is 462 g/mol. The van der Waals surface area contributed by atoms with Gasteiger partial charge in [-0.2, -0.15) is 0 Å². The summed E-state index contributed by atoms with van der Waals surface area (Å²) in [6, 6.07) is 13.8. The molecule has 4 rings (SSSR count). The van der Waals surface area contributed by atoms with Gasteiger partial charge in [-0.1, -0.05) is 12.1 Å². The minimum absolute atomic E-state index is 0.235. The van der Waals surface area contributed by atoms with Crippen molar-refractivity contribution in [2.75, 3.05) is 17.4 Å². The highest BCUT2D eigenvalue weighted by atomic mass is 32.1. The highest BCUT2D eigenvalue weighted by molar-refractivity contribution is 7.80. The molecule has 1 aromatic heterocycles. The molecule has 0 radical (unpaired) electrons. The smallest absolute Gasteiger partial charge is 0.231 e. The van der Waals surface area contributed by atoms with Crippen LogP contribution in [0.1, 0.15) is 28.1 Å². The van der Waals surface area contributed by atoms with Crippen molar-refractivity contribution in [1.29, 1.82) is 0 Å². The Bertz CT molecular complexity index is 1190. The lowest BCUT2D eigenvalue weighted by Crippen LogP contribution is -2.39. The first-order chi connectivity index (χ1) is 15.8. The minimum Gasteiger partial charge on any atom is -0.454 e. The molecule has 1 aliphatic heterocycles. The third kappa shape index (κ3) is 6.17. The molecule has 8 nitrogen and oxygen atoms in total. The molecule has 2 aromatic carbocycles. The van der Waals surface area contributed by atoms with Crippen molar-refractivity contribution in [3.8, 4) is 11.5 Å². The number of ether oxygens (including phenoxy) is 2. The number of nitrogens with one attached hydrogen (secondary N) is 3. The van der Waals surface area contributed by atoms with Crippen LogP contribution < -0.4 is 25.4 Å². The van der Waals surface area contributed by atoms with E-state index in [0.717, 1.165) is 45.3 Å².